The summed E-state index contributed by atoms with van der Waals surface area (Å²) in [6, 6.07) is 13.8. The van der Waals surface area contributed by atoms with Gasteiger partial charge in [0, 0.05) is 13.0 Å². The smallest absolute Gasteiger partial charge is 0.325 e. The highest BCUT2D eigenvalue weighted by molar-refractivity contribution is 6.06. The van der Waals surface area contributed by atoms with E-state index < -0.39 is 23.9 Å². The normalized spacial score (nSPS) is 16.5. The molecule has 1 heterocycles. The zero-order valence-corrected chi connectivity index (χ0v) is 13.9. The predicted octanol–water partition coefficient (Wildman–Crippen LogP) is 1.60. The number of nitrogens with one attached hydrogen (secondary N) is 2. The van der Waals surface area contributed by atoms with Crippen LogP contribution in [-0.4, -0.2) is 35.3 Å². The summed E-state index contributed by atoms with van der Waals surface area (Å²) < 4.78 is 12.9. The van der Waals surface area contributed by atoms with Crippen molar-refractivity contribution in [3.05, 3.63) is 71.5 Å². The van der Waals surface area contributed by atoms with E-state index >= 15 is 0 Å². The van der Waals surface area contributed by atoms with Crippen molar-refractivity contribution >= 4 is 17.8 Å². The Bertz CT molecular complexity index is 809. The lowest BCUT2D eigenvalue weighted by Gasteiger charge is -2.13. The largest absolute Gasteiger partial charge is 0.350 e. The minimum absolute atomic E-state index is 0.191. The molecule has 0 saturated carbocycles. The van der Waals surface area contributed by atoms with Crippen LogP contribution in [0.15, 0.2) is 54.6 Å². The molecule has 0 spiro atoms. The topological polar surface area (TPSA) is 78.5 Å². The second-order valence-electron chi connectivity index (χ2n) is 6.02. The Labute approximate surface area is 150 Å². The van der Waals surface area contributed by atoms with E-state index in [2.05, 4.69) is 10.6 Å². The van der Waals surface area contributed by atoms with E-state index in [1.165, 1.54) is 12.1 Å². The van der Waals surface area contributed by atoms with Crippen LogP contribution in [0.1, 0.15) is 11.1 Å². The maximum Gasteiger partial charge on any atom is 0.325 e. The first-order valence-corrected chi connectivity index (χ1v) is 8.20. The van der Waals surface area contributed by atoms with Gasteiger partial charge in [-0.3, -0.25) is 14.5 Å². The summed E-state index contributed by atoms with van der Waals surface area (Å²) in [5.74, 6) is -1.24. The Kier molecular flexibility index (Phi) is 5.26. The molecule has 2 aromatic rings. The van der Waals surface area contributed by atoms with E-state index in [9.17, 15) is 18.8 Å². The van der Waals surface area contributed by atoms with Crippen molar-refractivity contribution in [2.24, 2.45) is 0 Å². The molecule has 1 fully saturated rings. The number of nitrogens with zero attached hydrogens (tertiary/aromatic N) is 1. The second-order valence-corrected chi connectivity index (χ2v) is 6.02. The minimum atomic E-state index is -0.671. The van der Waals surface area contributed by atoms with Crippen LogP contribution in [0.4, 0.5) is 9.18 Å². The molecule has 0 radical (unpaired) electrons. The van der Waals surface area contributed by atoms with Gasteiger partial charge in [-0.15, -0.1) is 0 Å². The molecule has 0 aliphatic carbocycles. The molecule has 0 unspecified atom stereocenters. The number of amides is 4. The van der Waals surface area contributed by atoms with Gasteiger partial charge in [0.15, 0.2) is 0 Å². The van der Waals surface area contributed by atoms with Crippen molar-refractivity contribution in [1.82, 2.24) is 15.5 Å². The summed E-state index contributed by atoms with van der Waals surface area (Å²) >= 11 is 0. The van der Waals surface area contributed by atoms with E-state index in [1.807, 2.05) is 30.3 Å². The average molecular weight is 355 g/mol. The third-order valence-electron chi connectivity index (χ3n) is 4.09. The molecule has 1 aliphatic rings. The van der Waals surface area contributed by atoms with Crippen molar-refractivity contribution < 1.29 is 18.8 Å². The first kappa shape index (κ1) is 17.6. The number of carbonyl (C=O) groups is 3. The van der Waals surface area contributed by atoms with Crippen molar-refractivity contribution in [3.63, 3.8) is 0 Å². The van der Waals surface area contributed by atoms with Gasteiger partial charge in [-0.2, -0.15) is 0 Å². The number of hydrogen-bond acceptors (Lipinski definition) is 3. The third-order valence-corrected chi connectivity index (χ3v) is 4.09. The minimum Gasteiger partial charge on any atom is -0.350 e. The van der Waals surface area contributed by atoms with Crippen molar-refractivity contribution in [3.8, 4) is 0 Å². The van der Waals surface area contributed by atoms with Gasteiger partial charge in [0.05, 0.1) is 0 Å². The maximum absolute atomic E-state index is 12.9. The van der Waals surface area contributed by atoms with Gasteiger partial charge in [-0.1, -0.05) is 42.5 Å². The van der Waals surface area contributed by atoms with Crippen molar-refractivity contribution in [2.45, 2.75) is 19.0 Å². The molecule has 1 atom stereocenters. The van der Waals surface area contributed by atoms with Gasteiger partial charge in [-0.05, 0) is 23.3 Å². The quantitative estimate of drug-likeness (QED) is 0.773. The molecule has 7 heteroatoms. The van der Waals surface area contributed by atoms with Gasteiger partial charge in [0.1, 0.15) is 18.4 Å². The molecular weight excluding hydrogens is 337 g/mol. The molecule has 26 heavy (non-hydrogen) atoms. The van der Waals surface area contributed by atoms with E-state index in [1.54, 1.807) is 12.1 Å². The van der Waals surface area contributed by atoms with Gasteiger partial charge in [0.2, 0.25) is 5.91 Å². The maximum atomic E-state index is 12.9. The van der Waals surface area contributed by atoms with Crippen LogP contribution in [0.25, 0.3) is 0 Å². The molecule has 6 nitrogen and oxygen atoms in total. The zero-order valence-electron chi connectivity index (χ0n) is 13.9. The van der Waals surface area contributed by atoms with E-state index in [0.29, 0.717) is 6.42 Å². The lowest BCUT2D eigenvalue weighted by atomic mass is 10.1. The fraction of sp³-hybridized carbons (Fsp3) is 0.211. The third kappa shape index (κ3) is 4.24. The van der Waals surface area contributed by atoms with Crippen LogP contribution in [0, 0.1) is 5.82 Å². The lowest BCUT2D eigenvalue weighted by Crippen LogP contribution is -2.41. The van der Waals surface area contributed by atoms with Crippen LogP contribution in [0.3, 0.4) is 0 Å². The van der Waals surface area contributed by atoms with Crippen LogP contribution in [0.5, 0.6) is 0 Å². The first-order chi connectivity index (χ1) is 12.5. The molecule has 0 aromatic heterocycles. The number of hydrogen-bond donors (Lipinski definition) is 2. The van der Waals surface area contributed by atoms with Crippen LogP contribution < -0.4 is 10.6 Å². The number of imide groups is 1. The van der Waals surface area contributed by atoms with Gasteiger partial charge in [-0.25, -0.2) is 9.18 Å². The first-order valence-electron chi connectivity index (χ1n) is 8.20. The predicted molar refractivity (Wildman–Crippen MR) is 92.4 cm³/mol. The number of rotatable bonds is 6. The monoisotopic (exact) mass is 355 g/mol. The zero-order chi connectivity index (χ0) is 18.5. The van der Waals surface area contributed by atoms with E-state index in [-0.39, 0.29) is 18.9 Å². The van der Waals surface area contributed by atoms with E-state index in [4.69, 9.17) is 0 Å². The number of urea groups is 1. The van der Waals surface area contributed by atoms with Gasteiger partial charge >= 0.3 is 6.03 Å². The Balaban J connectivity index is 1.53. The Morgan fingerprint density at radius 2 is 1.73 bits per heavy atom. The molecule has 3 rings (SSSR count). The molecule has 1 aliphatic heterocycles. The standard InChI is InChI=1S/C19H18FN3O3/c20-15-8-6-14(7-9-15)11-21-17(24)12-23-18(25)16(22-19(23)26)10-13-4-2-1-3-5-13/h1-9,16H,10-12H2,(H,21,24)(H,22,26)/t16-/m1/s1. The number of carbonyl (C=O) groups excluding carboxylic acids is 3. The van der Waals surface area contributed by atoms with E-state index in [0.717, 1.165) is 16.0 Å². The Hall–Kier alpha value is -3.22. The number of halogens is 1. The van der Waals surface area contributed by atoms with Crippen molar-refractivity contribution in [1.29, 1.82) is 0 Å². The van der Waals surface area contributed by atoms with Crippen molar-refractivity contribution in [2.75, 3.05) is 6.54 Å². The number of benzene rings is 2. The molecule has 4 amide bonds. The van der Waals surface area contributed by atoms with Gasteiger partial charge in [0.25, 0.3) is 5.91 Å². The fourth-order valence-electron chi connectivity index (χ4n) is 2.72. The summed E-state index contributed by atoms with van der Waals surface area (Å²) in [5, 5.41) is 5.22. The molecular formula is C19H18FN3O3. The Morgan fingerprint density at radius 3 is 2.42 bits per heavy atom. The average Bonchev–Trinajstić information content (AvgIpc) is 2.89. The summed E-state index contributed by atoms with van der Waals surface area (Å²) in [6.07, 6.45) is 0.374. The van der Waals surface area contributed by atoms with Crippen LogP contribution >= 0.6 is 0 Å². The molecule has 0 bridgehead atoms. The molecule has 2 aromatic carbocycles. The molecule has 2 N–H and O–H groups in total. The lowest BCUT2D eigenvalue weighted by molar-refractivity contribution is -0.132. The fourth-order valence-corrected chi connectivity index (χ4v) is 2.72. The highest BCUT2D eigenvalue weighted by atomic mass is 19.1. The second kappa shape index (κ2) is 7.77. The molecule has 1 saturated heterocycles. The highest BCUT2D eigenvalue weighted by Gasteiger charge is 2.38. The summed E-state index contributed by atoms with van der Waals surface area (Å²) in [5.41, 5.74) is 1.65. The van der Waals surface area contributed by atoms with Crippen LogP contribution in [-0.2, 0) is 22.6 Å². The Morgan fingerprint density at radius 1 is 1.04 bits per heavy atom. The van der Waals surface area contributed by atoms with Crippen LogP contribution in [0.2, 0.25) is 0 Å². The SMILES string of the molecule is O=C(CN1C(=O)N[C@H](Cc2ccccc2)C1=O)NCc1ccc(F)cc1. The summed E-state index contributed by atoms with van der Waals surface area (Å²) in [4.78, 5) is 37.3. The molecule has 134 valence electrons. The summed E-state index contributed by atoms with van der Waals surface area (Å²) in [7, 11) is 0. The van der Waals surface area contributed by atoms with Gasteiger partial charge < -0.3 is 10.6 Å². The highest BCUT2D eigenvalue weighted by Crippen LogP contribution is 2.12. The summed E-state index contributed by atoms with van der Waals surface area (Å²) in [6.45, 7) is -0.159.